The van der Waals surface area contributed by atoms with Gasteiger partial charge in [0, 0.05) is 23.7 Å². The van der Waals surface area contributed by atoms with Crippen molar-refractivity contribution in [1.82, 2.24) is 15.5 Å². The Bertz CT molecular complexity index is 823. The molecule has 0 spiro atoms. The minimum Gasteiger partial charge on any atom is -0.364 e. The van der Waals surface area contributed by atoms with Crippen molar-refractivity contribution in [2.24, 2.45) is 0 Å². The van der Waals surface area contributed by atoms with Crippen molar-refractivity contribution >= 4 is 16.6 Å². The third-order valence-corrected chi connectivity index (χ3v) is 4.75. The molecule has 0 atom stereocenters. The second kappa shape index (κ2) is 6.61. The van der Waals surface area contributed by atoms with Crippen LogP contribution in [0.1, 0.15) is 18.4 Å². The van der Waals surface area contributed by atoms with Crippen LogP contribution in [-0.4, -0.2) is 29.3 Å². The Labute approximate surface area is 140 Å². The van der Waals surface area contributed by atoms with Gasteiger partial charge in [-0.05, 0) is 61.8 Å². The first-order valence-corrected chi connectivity index (χ1v) is 8.44. The zero-order valence-electron chi connectivity index (χ0n) is 13.5. The SMILES string of the molecule is Fc1cccc(CN(c2ccc3[nH]ncc3c2)C2CCNCC2)c1. The zero-order chi connectivity index (χ0) is 16.4. The highest BCUT2D eigenvalue weighted by molar-refractivity contribution is 5.82. The van der Waals surface area contributed by atoms with E-state index in [1.807, 2.05) is 12.3 Å². The Kier molecular flexibility index (Phi) is 4.17. The summed E-state index contributed by atoms with van der Waals surface area (Å²) in [6.07, 6.45) is 4.04. The van der Waals surface area contributed by atoms with Gasteiger partial charge in [0.2, 0.25) is 0 Å². The van der Waals surface area contributed by atoms with Crippen molar-refractivity contribution in [2.75, 3.05) is 18.0 Å². The van der Waals surface area contributed by atoms with Crippen LogP contribution in [0, 0.1) is 5.82 Å². The molecule has 2 N–H and O–H groups in total. The number of hydrogen-bond acceptors (Lipinski definition) is 3. The number of halogens is 1. The molecule has 24 heavy (non-hydrogen) atoms. The van der Waals surface area contributed by atoms with Gasteiger partial charge in [-0.2, -0.15) is 5.10 Å². The maximum Gasteiger partial charge on any atom is 0.123 e. The van der Waals surface area contributed by atoms with Gasteiger partial charge in [0.25, 0.3) is 0 Å². The quantitative estimate of drug-likeness (QED) is 0.772. The number of fused-ring (bicyclic) bond motifs is 1. The normalized spacial score (nSPS) is 15.7. The Morgan fingerprint density at radius 1 is 1.12 bits per heavy atom. The van der Waals surface area contributed by atoms with E-state index in [1.165, 1.54) is 11.8 Å². The predicted molar refractivity (Wildman–Crippen MR) is 94.6 cm³/mol. The fraction of sp³-hybridized carbons (Fsp3) is 0.316. The third-order valence-electron chi connectivity index (χ3n) is 4.75. The monoisotopic (exact) mass is 324 g/mol. The summed E-state index contributed by atoms with van der Waals surface area (Å²) in [6, 6.07) is 13.7. The van der Waals surface area contributed by atoms with Crippen molar-refractivity contribution in [2.45, 2.75) is 25.4 Å². The first-order chi connectivity index (χ1) is 11.8. The highest BCUT2D eigenvalue weighted by atomic mass is 19.1. The molecule has 0 aliphatic carbocycles. The highest BCUT2D eigenvalue weighted by Gasteiger charge is 2.22. The van der Waals surface area contributed by atoms with E-state index in [9.17, 15) is 4.39 Å². The number of rotatable bonds is 4. The minimum atomic E-state index is -0.178. The van der Waals surface area contributed by atoms with Crippen LogP contribution in [0.3, 0.4) is 0 Å². The molecular weight excluding hydrogens is 303 g/mol. The van der Waals surface area contributed by atoms with E-state index in [4.69, 9.17) is 0 Å². The summed E-state index contributed by atoms with van der Waals surface area (Å²) >= 11 is 0. The minimum absolute atomic E-state index is 0.178. The lowest BCUT2D eigenvalue weighted by Crippen LogP contribution is -2.43. The predicted octanol–water partition coefficient (Wildman–Crippen LogP) is 3.46. The Morgan fingerprint density at radius 2 is 2.00 bits per heavy atom. The van der Waals surface area contributed by atoms with Crippen LogP contribution in [0.2, 0.25) is 0 Å². The molecule has 2 heterocycles. The van der Waals surface area contributed by atoms with Gasteiger partial charge in [0.05, 0.1) is 11.7 Å². The van der Waals surface area contributed by atoms with Crippen LogP contribution in [0.25, 0.3) is 10.9 Å². The summed E-state index contributed by atoms with van der Waals surface area (Å²) in [5.74, 6) is -0.178. The van der Waals surface area contributed by atoms with Gasteiger partial charge in [-0.15, -0.1) is 0 Å². The molecule has 4 rings (SSSR count). The Morgan fingerprint density at radius 3 is 2.83 bits per heavy atom. The largest absolute Gasteiger partial charge is 0.364 e. The fourth-order valence-corrected chi connectivity index (χ4v) is 3.49. The molecule has 0 saturated carbocycles. The van der Waals surface area contributed by atoms with Gasteiger partial charge in [-0.25, -0.2) is 4.39 Å². The summed E-state index contributed by atoms with van der Waals surface area (Å²) in [7, 11) is 0. The number of benzene rings is 2. The average Bonchev–Trinajstić information content (AvgIpc) is 3.08. The summed E-state index contributed by atoms with van der Waals surface area (Å²) in [5.41, 5.74) is 3.20. The molecule has 1 aromatic heterocycles. The number of hydrogen-bond donors (Lipinski definition) is 2. The van der Waals surface area contributed by atoms with E-state index >= 15 is 0 Å². The van der Waals surface area contributed by atoms with E-state index in [-0.39, 0.29) is 5.82 Å². The number of H-pyrrole nitrogens is 1. The first kappa shape index (κ1) is 15.1. The number of nitrogens with zero attached hydrogens (tertiary/aromatic N) is 2. The zero-order valence-corrected chi connectivity index (χ0v) is 13.5. The van der Waals surface area contributed by atoms with Crippen LogP contribution in [0.4, 0.5) is 10.1 Å². The van der Waals surface area contributed by atoms with Crippen LogP contribution < -0.4 is 10.2 Å². The molecule has 4 nitrogen and oxygen atoms in total. The fourth-order valence-electron chi connectivity index (χ4n) is 3.49. The van der Waals surface area contributed by atoms with Crippen molar-refractivity contribution in [3.8, 4) is 0 Å². The molecule has 0 amide bonds. The summed E-state index contributed by atoms with van der Waals surface area (Å²) < 4.78 is 13.6. The molecule has 5 heteroatoms. The van der Waals surface area contributed by atoms with Crippen molar-refractivity contribution in [3.63, 3.8) is 0 Å². The van der Waals surface area contributed by atoms with Crippen molar-refractivity contribution in [3.05, 3.63) is 60.0 Å². The average molecular weight is 324 g/mol. The second-order valence-corrected chi connectivity index (χ2v) is 6.38. The Balaban J connectivity index is 1.68. The molecule has 2 aromatic carbocycles. The number of aromatic nitrogens is 2. The molecule has 1 saturated heterocycles. The van der Waals surface area contributed by atoms with Gasteiger partial charge in [0.1, 0.15) is 5.82 Å². The van der Waals surface area contributed by atoms with Crippen molar-refractivity contribution in [1.29, 1.82) is 0 Å². The maximum atomic E-state index is 13.6. The van der Waals surface area contributed by atoms with E-state index < -0.39 is 0 Å². The molecule has 0 radical (unpaired) electrons. The standard InChI is InChI=1S/C19H21FN4/c20-16-3-1-2-14(10-16)13-24(17-6-8-21-9-7-17)18-4-5-19-15(11-18)12-22-23-19/h1-5,10-12,17,21H,6-9,13H2,(H,22,23). The van der Waals surface area contributed by atoms with E-state index in [0.29, 0.717) is 12.6 Å². The molecular formula is C19H21FN4. The smallest absolute Gasteiger partial charge is 0.123 e. The van der Waals surface area contributed by atoms with Crippen LogP contribution in [0.5, 0.6) is 0 Å². The highest BCUT2D eigenvalue weighted by Crippen LogP contribution is 2.27. The molecule has 1 aliphatic heterocycles. The maximum absolute atomic E-state index is 13.6. The van der Waals surface area contributed by atoms with Crippen LogP contribution in [0.15, 0.2) is 48.7 Å². The van der Waals surface area contributed by atoms with E-state index in [2.05, 4.69) is 38.6 Å². The van der Waals surface area contributed by atoms with Crippen LogP contribution >= 0.6 is 0 Å². The molecule has 3 aromatic rings. The van der Waals surface area contributed by atoms with Gasteiger partial charge in [0.15, 0.2) is 0 Å². The van der Waals surface area contributed by atoms with E-state index in [1.54, 1.807) is 12.1 Å². The molecule has 1 aliphatic rings. The number of anilines is 1. The summed E-state index contributed by atoms with van der Waals surface area (Å²) in [4.78, 5) is 2.40. The van der Waals surface area contributed by atoms with Crippen LogP contribution in [-0.2, 0) is 6.54 Å². The van der Waals surface area contributed by atoms with Gasteiger partial charge in [-0.1, -0.05) is 12.1 Å². The lowest BCUT2D eigenvalue weighted by Gasteiger charge is -2.36. The lowest BCUT2D eigenvalue weighted by atomic mass is 10.0. The Hall–Kier alpha value is -2.40. The van der Waals surface area contributed by atoms with Gasteiger partial charge >= 0.3 is 0 Å². The van der Waals surface area contributed by atoms with E-state index in [0.717, 1.165) is 42.4 Å². The van der Waals surface area contributed by atoms with Gasteiger partial charge in [-0.3, -0.25) is 5.10 Å². The second-order valence-electron chi connectivity index (χ2n) is 6.38. The molecule has 1 fully saturated rings. The molecule has 0 bridgehead atoms. The number of aromatic amines is 1. The molecule has 0 unspecified atom stereocenters. The van der Waals surface area contributed by atoms with Crippen molar-refractivity contribution < 1.29 is 4.39 Å². The first-order valence-electron chi connectivity index (χ1n) is 8.44. The topological polar surface area (TPSA) is 44.0 Å². The third kappa shape index (κ3) is 3.12. The summed E-state index contributed by atoms with van der Waals surface area (Å²) in [6.45, 7) is 2.77. The molecule has 124 valence electrons. The summed E-state index contributed by atoms with van der Waals surface area (Å²) in [5, 5.41) is 11.6. The number of nitrogens with one attached hydrogen (secondary N) is 2. The lowest BCUT2D eigenvalue weighted by molar-refractivity contribution is 0.428. The van der Waals surface area contributed by atoms with Gasteiger partial charge < -0.3 is 10.2 Å². The number of piperidine rings is 1.